The second-order valence-corrected chi connectivity index (χ2v) is 7.05. The number of amides is 1. The summed E-state index contributed by atoms with van der Waals surface area (Å²) >= 11 is 1.61. The average molecular weight is 370 g/mol. The van der Waals surface area contributed by atoms with Gasteiger partial charge >= 0.3 is 0 Å². The van der Waals surface area contributed by atoms with Crippen molar-refractivity contribution < 1.29 is 9.32 Å². The third-order valence-electron chi connectivity index (χ3n) is 4.04. The van der Waals surface area contributed by atoms with Crippen molar-refractivity contribution in [2.75, 3.05) is 20.6 Å². The van der Waals surface area contributed by atoms with Gasteiger partial charge in [0.05, 0.1) is 4.88 Å². The molecular weight excluding hydrogens is 348 g/mol. The van der Waals surface area contributed by atoms with Gasteiger partial charge < -0.3 is 14.7 Å². The standard InChI is InChI=1S/C19H22N4O2S/c1-20-19(24)15-9-7-14(8-10-15)13-23(2)11-3-6-17-21-18(22-25-17)16-5-4-12-26-16/h4-5,7-10,12H,3,6,11,13H2,1-2H3,(H,20,24). The van der Waals surface area contributed by atoms with E-state index < -0.39 is 0 Å². The third-order valence-corrected chi connectivity index (χ3v) is 4.90. The SMILES string of the molecule is CNC(=O)c1ccc(CN(C)CCCc2nc(-c3cccs3)no2)cc1. The molecule has 0 unspecified atom stereocenters. The molecule has 0 saturated heterocycles. The van der Waals surface area contributed by atoms with E-state index in [4.69, 9.17) is 4.52 Å². The predicted octanol–water partition coefficient (Wildman–Crippen LogP) is 3.22. The highest BCUT2D eigenvalue weighted by Crippen LogP contribution is 2.21. The van der Waals surface area contributed by atoms with E-state index in [0.29, 0.717) is 17.3 Å². The van der Waals surface area contributed by atoms with Crippen molar-refractivity contribution in [3.8, 4) is 10.7 Å². The van der Waals surface area contributed by atoms with E-state index in [1.54, 1.807) is 18.4 Å². The first-order valence-corrected chi connectivity index (χ1v) is 9.39. The van der Waals surface area contributed by atoms with E-state index in [1.165, 1.54) is 5.56 Å². The van der Waals surface area contributed by atoms with Crippen molar-refractivity contribution in [1.82, 2.24) is 20.4 Å². The minimum Gasteiger partial charge on any atom is -0.355 e. The van der Waals surface area contributed by atoms with E-state index in [0.717, 1.165) is 30.8 Å². The molecule has 6 nitrogen and oxygen atoms in total. The number of carbonyl (C=O) groups excluding carboxylic acids is 1. The van der Waals surface area contributed by atoms with Crippen LogP contribution in [0.5, 0.6) is 0 Å². The van der Waals surface area contributed by atoms with Crippen molar-refractivity contribution in [2.45, 2.75) is 19.4 Å². The van der Waals surface area contributed by atoms with Gasteiger partial charge in [0.25, 0.3) is 5.91 Å². The molecule has 2 heterocycles. The minimum atomic E-state index is -0.0635. The fourth-order valence-electron chi connectivity index (χ4n) is 2.66. The Balaban J connectivity index is 1.44. The number of benzene rings is 1. The van der Waals surface area contributed by atoms with Gasteiger partial charge in [0.2, 0.25) is 11.7 Å². The molecule has 136 valence electrons. The summed E-state index contributed by atoms with van der Waals surface area (Å²) in [5.74, 6) is 1.28. The Hall–Kier alpha value is -2.51. The van der Waals surface area contributed by atoms with E-state index in [-0.39, 0.29) is 5.91 Å². The molecule has 0 spiro atoms. The van der Waals surface area contributed by atoms with Crippen LogP contribution >= 0.6 is 11.3 Å². The second kappa shape index (κ2) is 8.73. The smallest absolute Gasteiger partial charge is 0.251 e. The highest BCUT2D eigenvalue weighted by Gasteiger charge is 2.10. The van der Waals surface area contributed by atoms with Crippen molar-refractivity contribution >= 4 is 17.2 Å². The van der Waals surface area contributed by atoms with Gasteiger partial charge in [-0.25, -0.2) is 0 Å². The maximum atomic E-state index is 11.6. The molecule has 26 heavy (non-hydrogen) atoms. The number of carbonyl (C=O) groups is 1. The molecule has 1 N–H and O–H groups in total. The summed E-state index contributed by atoms with van der Waals surface area (Å²) in [4.78, 5) is 19.3. The molecule has 3 rings (SSSR count). The van der Waals surface area contributed by atoms with Crippen LogP contribution in [0.2, 0.25) is 0 Å². The highest BCUT2D eigenvalue weighted by molar-refractivity contribution is 7.13. The maximum Gasteiger partial charge on any atom is 0.251 e. The molecule has 0 aliphatic heterocycles. The molecule has 1 amide bonds. The van der Waals surface area contributed by atoms with Gasteiger partial charge in [-0.15, -0.1) is 11.3 Å². The Morgan fingerprint density at radius 1 is 1.27 bits per heavy atom. The summed E-state index contributed by atoms with van der Waals surface area (Å²) in [7, 11) is 3.72. The third kappa shape index (κ3) is 4.77. The molecule has 0 atom stereocenters. The van der Waals surface area contributed by atoms with Crippen LogP contribution in [0.4, 0.5) is 0 Å². The molecule has 0 aliphatic rings. The first-order chi connectivity index (χ1) is 12.7. The Morgan fingerprint density at radius 2 is 2.08 bits per heavy atom. The molecule has 0 bridgehead atoms. The van der Waals surface area contributed by atoms with Gasteiger partial charge in [0.1, 0.15) is 0 Å². The van der Waals surface area contributed by atoms with Crippen LogP contribution in [0, 0.1) is 0 Å². The number of rotatable bonds is 8. The van der Waals surface area contributed by atoms with Gasteiger partial charge in [0, 0.05) is 25.6 Å². The summed E-state index contributed by atoms with van der Waals surface area (Å²) < 4.78 is 5.32. The topological polar surface area (TPSA) is 71.3 Å². The number of aromatic nitrogens is 2. The second-order valence-electron chi connectivity index (χ2n) is 6.11. The van der Waals surface area contributed by atoms with Crippen LogP contribution < -0.4 is 5.32 Å². The predicted molar refractivity (Wildman–Crippen MR) is 102 cm³/mol. The number of nitrogens with one attached hydrogen (secondary N) is 1. The number of aryl methyl sites for hydroxylation is 1. The molecule has 0 fully saturated rings. The fraction of sp³-hybridized carbons (Fsp3) is 0.316. The zero-order chi connectivity index (χ0) is 18.4. The number of thiophene rings is 1. The van der Waals surface area contributed by atoms with Crippen LogP contribution in [-0.4, -0.2) is 41.6 Å². The number of nitrogens with zero attached hydrogens (tertiary/aromatic N) is 3. The summed E-state index contributed by atoms with van der Waals surface area (Å²) in [5, 5.41) is 8.66. The van der Waals surface area contributed by atoms with Crippen LogP contribution in [-0.2, 0) is 13.0 Å². The van der Waals surface area contributed by atoms with Gasteiger partial charge in [-0.05, 0) is 49.2 Å². The Kier molecular flexibility index (Phi) is 6.14. The van der Waals surface area contributed by atoms with Crippen molar-refractivity contribution in [2.24, 2.45) is 0 Å². The largest absolute Gasteiger partial charge is 0.355 e. The number of hydrogen-bond donors (Lipinski definition) is 1. The van der Waals surface area contributed by atoms with E-state index in [2.05, 4.69) is 27.4 Å². The van der Waals surface area contributed by atoms with E-state index in [1.807, 2.05) is 41.8 Å². The van der Waals surface area contributed by atoms with Crippen molar-refractivity contribution in [3.05, 3.63) is 58.8 Å². The van der Waals surface area contributed by atoms with Crippen LogP contribution in [0.3, 0.4) is 0 Å². The lowest BCUT2D eigenvalue weighted by Gasteiger charge is -2.16. The summed E-state index contributed by atoms with van der Waals surface area (Å²) in [6.45, 7) is 1.76. The molecular formula is C19H22N4O2S. The quantitative estimate of drug-likeness (QED) is 0.659. The lowest BCUT2D eigenvalue weighted by Crippen LogP contribution is -2.20. The van der Waals surface area contributed by atoms with Gasteiger partial charge in [-0.3, -0.25) is 4.79 Å². The Morgan fingerprint density at radius 3 is 2.77 bits per heavy atom. The van der Waals surface area contributed by atoms with Crippen molar-refractivity contribution in [3.63, 3.8) is 0 Å². The lowest BCUT2D eigenvalue weighted by molar-refractivity contribution is 0.0963. The first-order valence-electron chi connectivity index (χ1n) is 8.51. The molecule has 0 saturated carbocycles. The maximum absolute atomic E-state index is 11.6. The molecule has 0 radical (unpaired) electrons. The molecule has 1 aromatic carbocycles. The highest BCUT2D eigenvalue weighted by atomic mass is 32.1. The molecule has 2 aromatic heterocycles. The van der Waals surface area contributed by atoms with Crippen LogP contribution in [0.25, 0.3) is 10.7 Å². The fourth-order valence-corrected chi connectivity index (χ4v) is 3.31. The summed E-state index contributed by atoms with van der Waals surface area (Å²) in [5.41, 5.74) is 1.86. The zero-order valence-electron chi connectivity index (χ0n) is 14.9. The molecule has 7 heteroatoms. The van der Waals surface area contributed by atoms with Crippen LogP contribution in [0.1, 0.15) is 28.2 Å². The Labute approximate surface area is 156 Å². The Bertz CT molecular complexity index is 828. The monoisotopic (exact) mass is 370 g/mol. The van der Waals surface area contributed by atoms with E-state index >= 15 is 0 Å². The summed E-state index contributed by atoms with van der Waals surface area (Å²) in [6.07, 6.45) is 1.71. The van der Waals surface area contributed by atoms with Gasteiger partial charge in [0.15, 0.2) is 0 Å². The normalized spacial score (nSPS) is 11.0. The average Bonchev–Trinajstić information content (AvgIpc) is 3.33. The number of hydrogen-bond acceptors (Lipinski definition) is 6. The van der Waals surface area contributed by atoms with Crippen molar-refractivity contribution in [1.29, 1.82) is 0 Å². The molecule has 0 aliphatic carbocycles. The molecule has 3 aromatic rings. The van der Waals surface area contributed by atoms with Gasteiger partial charge in [-0.1, -0.05) is 23.4 Å². The first kappa shape index (κ1) is 18.3. The van der Waals surface area contributed by atoms with Gasteiger partial charge in [-0.2, -0.15) is 4.98 Å². The zero-order valence-corrected chi connectivity index (χ0v) is 15.8. The summed E-state index contributed by atoms with van der Waals surface area (Å²) in [6, 6.07) is 11.7. The van der Waals surface area contributed by atoms with Crippen LogP contribution in [0.15, 0.2) is 46.3 Å². The van der Waals surface area contributed by atoms with E-state index in [9.17, 15) is 4.79 Å². The lowest BCUT2D eigenvalue weighted by atomic mass is 10.1. The minimum absolute atomic E-state index is 0.0635.